The Morgan fingerprint density at radius 2 is 1.84 bits per heavy atom. The predicted octanol–water partition coefficient (Wildman–Crippen LogP) is 0.577. The Morgan fingerprint density at radius 1 is 1.21 bits per heavy atom. The van der Waals surface area contributed by atoms with Crippen LogP contribution in [-0.4, -0.2) is 28.6 Å². The molecule has 1 aromatic rings. The molecule has 1 rings (SSSR count). The second kappa shape index (κ2) is 5.87. The van der Waals surface area contributed by atoms with Gasteiger partial charge < -0.3 is 9.94 Å². The Labute approximate surface area is 107 Å². The predicted molar refractivity (Wildman–Crippen MR) is 62.6 cm³/mol. The van der Waals surface area contributed by atoms with Gasteiger partial charge in [0.2, 0.25) is 0 Å². The van der Waals surface area contributed by atoms with E-state index in [0.29, 0.717) is 0 Å². The standard InChI is InChI=1S/C12H11NO6/c1-6(14)4-10(15)9-5-7(11(16)17)2-3-8(9)12(18)19-13/h2-3,5H,4,13H2,1H3,(H,16,17). The summed E-state index contributed by atoms with van der Waals surface area (Å²) in [6.07, 6.45) is -0.437. The van der Waals surface area contributed by atoms with E-state index < -0.39 is 29.9 Å². The number of aromatic carboxylic acids is 1. The minimum atomic E-state index is -1.26. The number of carbonyl (C=O) groups is 4. The third-order valence-electron chi connectivity index (χ3n) is 2.30. The van der Waals surface area contributed by atoms with E-state index in [4.69, 9.17) is 11.0 Å². The Balaban J connectivity index is 3.33. The van der Waals surface area contributed by atoms with E-state index in [1.807, 2.05) is 0 Å². The maximum atomic E-state index is 11.8. The fraction of sp³-hybridized carbons (Fsp3) is 0.167. The Morgan fingerprint density at radius 3 is 2.32 bits per heavy atom. The molecule has 0 bridgehead atoms. The van der Waals surface area contributed by atoms with Crippen molar-refractivity contribution in [1.82, 2.24) is 0 Å². The van der Waals surface area contributed by atoms with Crippen LogP contribution in [0.3, 0.4) is 0 Å². The molecule has 0 atom stereocenters. The minimum absolute atomic E-state index is 0.180. The SMILES string of the molecule is CC(=O)CC(=O)c1cc(C(=O)O)ccc1C(=O)ON. The molecule has 0 aliphatic heterocycles. The van der Waals surface area contributed by atoms with E-state index in [0.717, 1.165) is 18.2 Å². The van der Waals surface area contributed by atoms with Gasteiger partial charge in [0, 0.05) is 5.56 Å². The highest BCUT2D eigenvalue weighted by Crippen LogP contribution is 2.16. The highest BCUT2D eigenvalue weighted by Gasteiger charge is 2.21. The van der Waals surface area contributed by atoms with Crippen molar-refractivity contribution in [3.05, 3.63) is 34.9 Å². The molecular formula is C12H11NO6. The first-order valence-electron chi connectivity index (χ1n) is 5.18. The van der Waals surface area contributed by atoms with Crippen LogP contribution in [0.15, 0.2) is 18.2 Å². The smallest absolute Gasteiger partial charge is 0.357 e. The monoisotopic (exact) mass is 265 g/mol. The van der Waals surface area contributed by atoms with E-state index in [-0.39, 0.29) is 16.7 Å². The first kappa shape index (κ1) is 14.5. The van der Waals surface area contributed by atoms with E-state index in [1.165, 1.54) is 6.92 Å². The topological polar surface area (TPSA) is 124 Å². The van der Waals surface area contributed by atoms with Crippen molar-refractivity contribution in [3.8, 4) is 0 Å². The highest BCUT2D eigenvalue weighted by molar-refractivity contribution is 6.13. The molecule has 100 valence electrons. The molecule has 0 aromatic heterocycles. The number of hydrogen-bond donors (Lipinski definition) is 2. The number of carboxylic acids is 1. The highest BCUT2D eigenvalue weighted by atomic mass is 16.7. The van der Waals surface area contributed by atoms with Crippen LogP contribution < -0.4 is 5.90 Å². The van der Waals surface area contributed by atoms with E-state index in [9.17, 15) is 19.2 Å². The van der Waals surface area contributed by atoms with Crippen LogP contribution in [-0.2, 0) is 9.63 Å². The number of nitrogens with two attached hydrogens (primary N) is 1. The molecule has 3 N–H and O–H groups in total. The molecule has 0 amide bonds. The molecule has 0 aliphatic rings. The van der Waals surface area contributed by atoms with Crippen molar-refractivity contribution < 1.29 is 29.1 Å². The fourth-order valence-electron chi connectivity index (χ4n) is 1.47. The molecule has 7 heteroatoms. The van der Waals surface area contributed by atoms with Gasteiger partial charge in [0.05, 0.1) is 17.5 Å². The zero-order valence-electron chi connectivity index (χ0n) is 10.0. The average molecular weight is 265 g/mol. The van der Waals surface area contributed by atoms with Gasteiger partial charge in [-0.25, -0.2) is 9.59 Å². The van der Waals surface area contributed by atoms with Crippen molar-refractivity contribution in [2.24, 2.45) is 5.90 Å². The largest absolute Gasteiger partial charge is 0.478 e. The molecule has 0 fully saturated rings. The van der Waals surface area contributed by atoms with Crippen molar-refractivity contribution in [3.63, 3.8) is 0 Å². The molecule has 19 heavy (non-hydrogen) atoms. The van der Waals surface area contributed by atoms with E-state index in [2.05, 4.69) is 4.84 Å². The lowest BCUT2D eigenvalue weighted by atomic mass is 9.98. The van der Waals surface area contributed by atoms with Crippen LogP contribution in [0.1, 0.15) is 44.4 Å². The molecule has 0 unspecified atom stereocenters. The summed E-state index contributed by atoms with van der Waals surface area (Å²) in [5.41, 5.74) is -0.565. The van der Waals surface area contributed by atoms with Crippen LogP contribution in [0.2, 0.25) is 0 Å². The summed E-state index contributed by atoms with van der Waals surface area (Å²) in [5, 5.41) is 8.84. The van der Waals surface area contributed by atoms with E-state index in [1.54, 1.807) is 0 Å². The lowest BCUT2D eigenvalue weighted by Gasteiger charge is -2.07. The van der Waals surface area contributed by atoms with Crippen molar-refractivity contribution >= 4 is 23.5 Å². The first-order chi connectivity index (χ1) is 8.86. The Bertz CT molecular complexity index is 563. The quantitative estimate of drug-likeness (QED) is 0.453. The van der Waals surface area contributed by atoms with Gasteiger partial charge >= 0.3 is 11.9 Å². The molecule has 0 aliphatic carbocycles. The third kappa shape index (κ3) is 3.46. The zero-order valence-corrected chi connectivity index (χ0v) is 10.0. The maximum absolute atomic E-state index is 11.8. The first-order valence-corrected chi connectivity index (χ1v) is 5.18. The van der Waals surface area contributed by atoms with Crippen molar-refractivity contribution in [2.45, 2.75) is 13.3 Å². The van der Waals surface area contributed by atoms with Gasteiger partial charge in [0.15, 0.2) is 5.78 Å². The summed E-state index contributed by atoms with van der Waals surface area (Å²) in [5.74, 6) is 1.41. The lowest BCUT2D eigenvalue weighted by Crippen LogP contribution is -2.17. The molecule has 7 nitrogen and oxygen atoms in total. The van der Waals surface area contributed by atoms with Gasteiger partial charge in [-0.15, -0.1) is 0 Å². The second-order valence-corrected chi connectivity index (χ2v) is 3.77. The minimum Gasteiger partial charge on any atom is -0.478 e. The zero-order chi connectivity index (χ0) is 14.6. The van der Waals surface area contributed by atoms with Crippen LogP contribution in [0, 0.1) is 0 Å². The molecular weight excluding hydrogens is 254 g/mol. The number of carboxylic acid groups (broad SMARTS) is 1. The molecule has 0 radical (unpaired) electrons. The molecule has 0 saturated heterocycles. The van der Waals surface area contributed by atoms with Crippen molar-refractivity contribution in [2.75, 3.05) is 0 Å². The fourth-order valence-corrected chi connectivity index (χ4v) is 1.47. The number of rotatable bonds is 5. The van der Waals surface area contributed by atoms with Gasteiger partial charge in [-0.05, 0) is 25.1 Å². The number of Topliss-reactive ketones (excluding diaryl/α,β-unsaturated/α-hetero) is 2. The number of ketones is 2. The van der Waals surface area contributed by atoms with Gasteiger partial charge in [0.25, 0.3) is 0 Å². The summed E-state index contributed by atoms with van der Waals surface area (Å²) in [7, 11) is 0. The molecule has 0 spiro atoms. The summed E-state index contributed by atoms with van der Waals surface area (Å²) in [4.78, 5) is 48.9. The Hall–Kier alpha value is -2.54. The van der Waals surface area contributed by atoms with Gasteiger partial charge in [-0.2, -0.15) is 5.90 Å². The Kier molecular flexibility index (Phi) is 4.49. The summed E-state index contributed by atoms with van der Waals surface area (Å²) >= 11 is 0. The number of carbonyl (C=O) groups excluding carboxylic acids is 3. The molecule has 0 heterocycles. The summed E-state index contributed by atoms with van der Waals surface area (Å²) in [6.45, 7) is 1.21. The van der Waals surface area contributed by atoms with E-state index >= 15 is 0 Å². The number of benzene rings is 1. The van der Waals surface area contributed by atoms with Gasteiger partial charge in [-0.3, -0.25) is 9.59 Å². The van der Waals surface area contributed by atoms with Crippen LogP contribution in [0.4, 0.5) is 0 Å². The summed E-state index contributed by atoms with van der Waals surface area (Å²) < 4.78 is 0. The third-order valence-corrected chi connectivity index (χ3v) is 2.30. The second-order valence-electron chi connectivity index (χ2n) is 3.77. The number of hydrogen-bond acceptors (Lipinski definition) is 6. The molecule has 0 saturated carbocycles. The van der Waals surface area contributed by atoms with Gasteiger partial charge in [-0.1, -0.05) is 0 Å². The van der Waals surface area contributed by atoms with Crippen LogP contribution in [0.25, 0.3) is 0 Å². The lowest BCUT2D eigenvalue weighted by molar-refractivity contribution is -0.116. The maximum Gasteiger partial charge on any atom is 0.357 e. The van der Waals surface area contributed by atoms with Crippen molar-refractivity contribution in [1.29, 1.82) is 0 Å². The molecule has 1 aromatic carbocycles. The van der Waals surface area contributed by atoms with Gasteiger partial charge in [0.1, 0.15) is 5.78 Å². The normalized spacial score (nSPS) is 9.79. The average Bonchev–Trinajstić information content (AvgIpc) is 2.36. The van der Waals surface area contributed by atoms with Crippen LogP contribution in [0.5, 0.6) is 0 Å². The van der Waals surface area contributed by atoms with Crippen LogP contribution >= 0.6 is 0 Å². The summed E-state index contributed by atoms with van der Waals surface area (Å²) in [6, 6.07) is 3.27.